The van der Waals surface area contributed by atoms with Crippen LogP contribution in [0.25, 0.3) is 22.3 Å². The molecule has 1 heterocycles. The van der Waals surface area contributed by atoms with Crippen LogP contribution in [0.5, 0.6) is 23.0 Å². The number of rotatable bonds is 1. The van der Waals surface area contributed by atoms with E-state index in [1.54, 1.807) is 6.07 Å². The van der Waals surface area contributed by atoms with E-state index in [1.807, 2.05) is 36.4 Å². The van der Waals surface area contributed by atoms with E-state index < -0.39 is 0 Å². The van der Waals surface area contributed by atoms with Gasteiger partial charge in [0, 0.05) is 11.0 Å². The maximum absolute atomic E-state index is 9.28. The highest BCUT2D eigenvalue weighted by Gasteiger charge is 2.37. The molecule has 0 atom stereocenters. The SMILES string of the molecule is CC1(C)c2ccccc2-c2cc3c(cc21)Oc1c(cccc1-c1cccc(C#N)c1)O3. The van der Waals surface area contributed by atoms with Crippen molar-refractivity contribution in [2.24, 2.45) is 0 Å². The highest BCUT2D eigenvalue weighted by molar-refractivity contribution is 5.84. The van der Waals surface area contributed by atoms with Crippen LogP contribution in [0, 0.1) is 11.3 Å². The second-order valence-electron chi connectivity index (χ2n) is 8.54. The zero-order valence-electron chi connectivity index (χ0n) is 17.3. The summed E-state index contributed by atoms with van der Waals surface area (Å²) in [4.78, 5) is 0. The molecular formula is C28H19NO2. The molecule has 3 heteroatoms. The van der Waals surface area contributed by atoms with E-state index in [0.29, 0.717) is 17.1 Å². The summed E-state index contributed by atoms with van der Waals surface area (Å²) in [5.41, 5.74) is 7.35. The first-order valence-electron chi connectivity index (χ1n) is 10.3. The zero-order valence-corrected chi connectivity index (χ0v) is 17.3. The van der Waals surface area contributed by atoms with Gasteiger partial charge in [-0.2, -0.15) is 5.26 Å². The lowest BCUT2D eigenvalue weighted by Crippen LogP contribution is -2.15. The van der Waals surface area contributed by atoms with E-state index in [1.165, 1.54) is 22.3 Å². The molecule has 0 N–H and O–H groups in total. The Bertz CT molecular complexity index is 1430. The molecule has 0 unspecified atom stereocenters. The summed E-state index contributed by atoms with van der Waals surface area (Å²) < 4.78 is 12.8. The van der Waals surface area contributed by atoms with Gasteiger partial charge in [-0.25, -0.2) is 0 Å². The Morgan fingerprint density at radius 1 is 0.677 bits per heavy atom. The van der Waals surface area contributed by atoms with Gasteiger partial charge in [0.15, 0.2) is 23.0 Å². The minimum absolute atomic E-state index is 0.106. The summed E-state index contributed by atoms with van der Waals surface area (Å²) >= 11 is 0. The first kappa shape index (κ1) is 17.8. The normalized spacial score (nSPS) is 14.2. The van der Waals surface area contributed by atoms with Gasteiger partial charge in [0.1, 0.15) is 0 Å². The van der Waals surface area contributed by atoms with Crippen molar-refractivity contribution in [1.29, 1.82) is 5.26 Å². The van der Waals surface area contributed by atoms with Crippen LogP contribution in [-0.4, -0.2) is 0 Å². The second kappa shape index (κ2) is 6.23. The van der Waals surface area contributed by atoms with Gasteiger partial charge in [0.25, 0.3) is 0 Å². The van der Waals surface area contributed by atoms with Crippen LogP contribution in [0.15, 0.2) is 78.9 Å². The molecule has 0 fully saturated rings. The van der Waals surface area contributed by atoms with E-state index in [4.69, 9.17) is 9.47 Å². The molecule has 0 aromatic heterocycles. The average molecular weight is 401 g/mol. The van der Waals surface area contributed by atoms with Crippen LogP contribution >= 0.6 is 0 Å². The number of hydrogen-bond donors (Lipinski definition) is 0. The van der Waals surface area contributed by atoms with Gasteiger partial charge in [-0.15, -0.1) is 0 Å². The Hall–Kier alpha value is -4.03. The Labute approximate surface area is 181 Å². The summed E-state index contributed by atoms with van der Waals surface area (Å²) in [6.45, 7) is 4.50. The Morgan fingerprint density at radius 2 is 1.45 bits per heavy atom. The summed E-state index contributed by atoms with van der Waals surface area (Å²) in [5, 5.41) is 9.28. The second-order valence-corrected chi connectivity index (χ2v) is 8.54. The molecular weight excluding hydrogens is 382 g/mol. The predicted octanol–water partition coefficient (Wildman–Crippen LogP) is 7.43. The van der Waals surface area contributed by atoms with Crippen molar-refractivity contribution >= 4 is 0 Å². The molecule has 6 rings (SSSR count). The topological polar surface area (TPSA) is 42.2 Å². The Morgan fingerprint density at radius 3 is 2.32 bits per heavy atom. The third kappa shape index (κ3) is 2.52. The van der Waals surface area contributed by atoms with Crippen molar-refractivity contribution in [1.82, 2.24) is 0 Å². The highest BCUT2D eigenvalue weighted by Crippen LogP contribution is 2.56. The van der Waals surface area contributed by atoms with Crippen molar-refractivity contribution in [3.63, 3.8) is 0 Å². The fourth-order valence-corrected chi connectivity index (χ4v) is 4.78. The summed E-state index contributed by atoms with van der Waals surface area (Å²) in [7, 11) is 0. The van der Waals surface area contributed by atoms with Crippen molar-refractivity contribution in [2.75, 3.05) is 0 Å². The first-order chi connectivity index (χ1) is 15.1. The van der Waals surface area contributed by atoms with Crippen LogP contribution in [0.1, 0.15) is 30.5 Å². The summed E-state index contributed by atoms with van der Waals surface area (Å²) in [6, 6.07) is 28.4. The van der Waals surface area contributed by atoms with E-state index in [2.05, 4.69) is 56.3 Å². The van der Waals surface area contributed by atoms with E-state index >= 15 is 0 Å². The minimum Gasteiger partial charge on any atom is -0.449 e. The van der Waals surface area contributed by atoms with Crippen molar-refractivity contribution < 1.29 is 9.47 Å². The molecule has 0 amide bonds. The molecule has 4 aromatic carbocycles. The number of ether oxygens (including phenoxy) is 2. The molecule has 4 aromatic rings. The molecule has 148 valence electrons. The molecule has 0 saturated heterocycles. The van der Waals surface area contributed by atoms with Crippen molar-refractivity contribution in [3.05, 3.63) is 95.6 Å². The van der Waals surface area contributed by atoms with Gasteiger partial charge in [-0.05, 0) is 58.1 Å². The van der Waals surface area contributed by atoms with Crippen LogP contribution in [0.4, 0.5) is 0 Å². The van der Waals surface area contributed by atoms with Crippen LogP contribution in [0.2, 0.25) is 0 Å². The van der Waals surface area contributed by atoms with Crippen LogP contribution < -0.4 is 9.47 Å². The molecule has 1 aliphatic carbocycles. The monoisotopic (exact) mass is 401 g/mol. The van der Waals surface area contributed by atoms with Gasteiger partial charge in [-0.1, -0.05) is 62.4 Å². The molecule has 0 spiro atoms. The van der Waals surface area contributed by atoms with Crippen molar-refractivity contribution in [2.45, 2.75) is 19.3 Å². The van der Waals surface area contributed by atoms with E-state index in [0.717, 1.165) is 22.6 Å². The lowest BCUT2D eigenvalue weighted by atomic mass is 9.82. The van der Waals surface area contributed by atoms with E-state index in [9.17, 15) is 5.26 Å². The summed E-state index contributed by atoms with van der Waals surface area (Å²) in [6.07, 6.45) is 0. The molecule has 0 bridgehead atoms. The number of hydrogen-bond acceptors (Lipinski definition) is 3. The number of benzene rings is 4. The first-order valence-corrected chi connectivity index (χ1v) is 10.3. The van der Waals surface area contributed by atoms with Crippen LogP contribution in [0.3, 0.4) is 0 Å². The quantitative estimate of drug-likeness (QED) is 0.293. The highest BCUT2D eigenvalue weighted by atomic mass is 16.6. The zero-order chi connectivity index (χ0) is 21.2. The Kier molecular flexibility index (Phi) is 3.58. The van der Waals surface area contributed by atoms with Gasteiger partial charge in [0.2, 0.25) is 0 Å². The minimum atomic E-state index is -0.106. The Balaban J connectivity index is 1.49. The predicted molar refractivity (Wildman–Crippen MR) is 121 cm³/mol. The number of nitriles is 1. The third-order valence-electron chi connectivity index (χ3n) is 6.36. The maximum atomic E-state index is 9.28. The molecule has 0 radical (unpaired) electrons. The molecule has 2 aliphatic rings. The van der Waals surface area contributed by atoms with E-state index in [-0.39, 0.29) is 5.41 Å². The third-order valence-corrected chi connectivity index (χ3v) is 6.36. The average Bonchev–Trinajstić information content (AvgIpc) is 3.02. The van der Waals surface area contributed by atoms with Gasteiger partial charge in [0.05, 0.1) is 11.6 Å². The standard InChI is InChI=1S/C28H19NO2/c1-28(2)22-11-4-3-9-20(22)21-14-25-26(15-23(21)28)31-27-19(10-6-12-24(27)30-25)18-8-5-7-17(13-18)16-29/h3-15H,1-2H3. The van der Waals surface area contributed by atoms with Gasteiger partial charge >= 0.3 is 0 Å². The molecule has 3 nitrogen and oxygen atoms in total. The lowest BCUT2D eigenvalue weighted by Gasteiger charge is -2.26. The van der Waals surface area contributed by atoms with Gasteiger partial charge < -0.3 is 9.47 Å². The molecule has 1 aliphatic heterocycles. The number of fused-ring (bicyclic) bond motifs is 5. The fourth-order valence-electron chi connectivity index (χ4n) is 4.78. The fraction of sp³-hybridized carbons (Fsp3) is 0.107. The van der Waals surface area contributed by atoms with Crippen molar-refractivity contribution in [3.8, 4) is 51.3 Å². The molecule has 31 heavy (non-hydrogen) atoms. The lowest BCUT2D eigenvalue weighted by molar-refractivity contribution is 0.360. The number of para-hydroxylation sites is 1. The smallest absolute Gasteiger partial charge is 0.177 e. The largest absolute Gasteiger partial charge is 0.449 e. The van der Waals surface area contributed by atoms with Gasteiger partial charge in [-0.3, -0.25) is 0 Å². The molecule has 0 saturated carbocycles. The van der Waals surface area contributed by atoms with Crippen LogP contribution in [-0.2, 0) is 5.41 Å². The summed E-state index contributed by atoms with van der Waals surface area (Å²) in [5.74, 6) is 2.80. The number of nitrogens with zero attached hydrogens (tertiary/aromatic N) is 1. The maximum Gasteiger partial charge on any atom is 0.177 e.